The van der Waals surface area contributed by atoms with Gasteiger partial charge in [-0.05, 0) is 37.8 Å². The Bertz CT molecular complexity index is 763. The quantitative estimate of drug-likeness (QED) is 0.522. The van der Waals surface area contributed by atoms with Gasteiger partial charge in [0.25, 0.3) is 5.91 Å². The standard InChI is InChI=1S/C19H28NO7P/c1-14(2)19(18(3,13-16(21)26-4)27-28(23,24)25)11-8-12-20(19)17(22)15-9-6-5-7-10-15/h5-7,9-10,14H,8,11-13H2,1-4H3,(H2,23,24,25). The first kappa shape index (κ1) is 22.6. The molecule has 2 N–H and O–H groups in total. The van der Waals surface area contributed by atoms with Crippen LogP contribution in [0.25, 0.3) is 0 Å². The molecule has 1 amide bonds. The summed E-state index contributed by atoms with van der Waals surface area (Å²) in [7, 11) is -3.76. The summed E-state index contributed by atoms with van der Waals surface area (Å²) in [5.41, 5.74) is -2.28. The number of likely N-dealkylation sites (tertiary alicyclic amines) is 1. The van der Waals surface area contributed by atoms with Gasteiger partial charge in [0.2, 0.25) is 0 Å². The molecule has 0 bridgehead atoms. The molecule has 9 heteroatoms. The first-order valence-electron chi connectivity index (χ1n) is 9.17. The molecule has 0 radical (unpaired) electrons. The van der Waals surface area contributed by atoms with Gasteiger partial charge < -0.3 is 19.4 Å². The molecule has 1 aromatic rings. The SMILES string of the molecule is COC(=O)CC(C)(OP(=O)(O)O)C1(C(C)C)CCCN1C(=O)c1ccccc1. The smallest absolute Gasteiger partial charge is 0.469 e. The van der Waals surface area contributed by atoms with Gasteiger partial charge >= 0.3 is 13.8 Å². The highest BCUT2D eigenvalue weighted by atomic mass is 31.2. The van der Waals surface area contributed by atoms with Gasteiger partial charge in [0.05, 0.1) is 19.1 Å². The average Bonchev–Trinajstić information content (AvgIpc) is 3.07. The zero-order valence-corrected chi connectivity index (χ0v) is 17.5. The molecule has 2 rings (SSSR count). The molecule has 28 heavy (non-hydrogen) atoms. The van der Waals surface area contributed by atoms with Crippen molar-refractivity contribution in [3.63, 3.8) is 0 Å². The van der Waals surface area contributed by atoms with E-state index in [2.05, 4.69) is 0 Å². The molecule has 0 spiro atoms. The number of phosphoric ester groups is 1. The zero-order valence-electron chi connectivity index (χ0n) is 16.6. The Hall–Kier alpha value is -1.73. The summed E-state index contributed by atoms with van der Waals surface area (Å²) < 4.78 is 21.8. The molecule has 1 heterocycles. The zero-order chi connectivity index (χ0) is 21.2. The number of esters is 1. The molecular formula is C19H28NO7P. The van der Waals surface area contributed by atoms with E-state index in [1.165, 1.54) is 14.0 Å². The lowest BCUT2D eigenvalue weighted by atomic mass is 9.69. The van der Waals surface area contributed by atoms with E-state index < -0.39 is 31.4 Å². The van der Waals surface area contributed by atoms with E-state index in [4.69, 9.17) is 9.26 Å². The van der Waals surface area contributed by atoms with Crippen molar-refractivity contribution in [3.8, 4) is 0 Å². The summed E-state index contributed by atoms with van der Waals surface area (Å²) >= 11 is 0. The molecule has 1 saturated heterocycles. The molecular weight excluding hydrogens is 385 g/mol. The molecule has 156 valence electrons. The van der Waals surface area contributed by atoms with Gasteiger partial charge in [0.1, 0.15) is 5.60 Å². The van der Waals surface area contributed by atoms with Crippen LogP contribution >= 0.6 is 7.82 Å². The molecule has 1 fully saturated rings. The number of carbonyl (C=O) groups excluding carboxylic acids is 2. The average molecular weight is 413 g/mol. The van der Waals surface area contributed by atoms with E-state index in [-0.39, 0.29) is 11.8 Å². The van der Waals surface area contributed by atoms with Crippen molar-refractivity contribution in [2.24, 2.45) is 5.92 Å². The number of amides is 1. The van der Waals surface area contributed by atoms with Crippen LogP contribution in [0.5, 0.6) is 0 Å². The minimum absolute atomic E-state index is 0.246. The van der Waals surface area contributed by atoms with Crippen molar-refractivity contribution in [3.05, 3.63) is 35.9 Å². The normalized spacial score (nSPS) is 22.2. The molecule has 1 aliphatic rings. The second kappa shape index (κ2) is 8.33. The first-order valence-corrected chi connectivity index (χ1v) is 10.7. The Kier molecular flexibility index (Phi) is 6.71. The highest BCUT2D eigenvalue weighted by Crippen LogP contribution is 2.54. The largest absolute Gasteiger partial charge is 0.470 e. The predicted molar refractivity (Wildman–Crippen MR) is 102 cm³/mol. The van der Waals surface area contributed by atoms with Crippen LogP contribution in [0.1, 0.15) is 50.4 Å². The third-order valence-electron chi connectivity index (χ3n) is 5.59. The number of ether oxygens (including phenoxy) is 1. The summed E-state index contributed by atoms with van der Waals surface area (Å²) in [6.45, 7) is 5.58. The van der Waals surface area contributed by atoms with Gasteiger partial charge in [-0.2, -0.15) is 0 Å². The summed E-state index contributed by atoms with van der Waals surface area (Å²) in [4.78, 5) is 46.2. The predicted octanol–water partition coefficient (Wildman–Crippen LogP) is 2.75. The fraction of sp³-hybridized carbons (Fsp3) is 0.579. The van der Waals surface area contributed by atoms with Crippen molar-refractivity contribution >= 4 is 19.7 Å². The van der Waals surface area contributed by atoms with E-state index in [1.54, 1.807) is 35.2 Å². The Labute approximate surface area is 165 Å². The molecule has 8 nitrogen and oxygen atoms in total. The van der Waals surface area contributed by atoms with Crippen molar-refractivity contribution < 1.29 is 33.2 Å². The molecule has 1 aliphatic heterocycles. The Balaban J connectivity index is 2.60. The van der Waals surface area contributed by atoms with Gasteiger partial charge in [-0.25, -0.2) is 4.57 Å². The van der Waals surface area contributed by atoms with Crippen molar-refractivity contribution in [1.29, 1.82) is 0 Å². The topological polar surface area (TPSA) is 113 Å². The summed E-state index contributed by atoms with van der Waals surface area (Å²) in [5, 5.41) is 0. The lowest BCUT2D eigenvalue weighted by Gasteiger charge is -2.53. The fourth-order valence-electron chi connectivity index (χ4n) is 4.50. The van der Waals surface area contributed by atoms with E-state index in [1.807, 2.05) is 13.8 Å². The van der Waals surface area contributed by atoms with Crippen LogP contribution in [0.2, 0.25) is 0 Å². The first-order chi connectivity index (χ1) is 13.0. The van der Waals surface area contributed by atoms with E-state index in [0.717, 1.165) is 0 Å². The third kappa shape index (κ3) is 4.30. The van der Waals surface area contributed by atoms with Crippen molar-refractivity contribution in [1.82, 2.24) is 4.90 Å². The van der Waals surface area contributed by atoms with Crippen LogP contribution in [0, 0.1) is 5.92 Å². The Morgan fingerprint density at radius 3 is 2.39 bits per heavy atom. The minimum atomic E-state index is -4.96. The summed E-state index contributed by atoms with van der Waals surface area (Å²) in [5.74, 6) is -1.18. The third-order valence-corrected chi connectivity index (χ3v) is 6.23. The summed E-state index contributed by atoms with van der Waals surface area (Å²) in [6, 6.07) is 8.68. The van der Waals surface area contributed by atoms with Crippen LogP contribution in [-0.4, -0.2) is 51.4 Å². The Morgan fingerprint density at radius 2 is 1.89 bits per heavy atom. The van der Waals surface area contributed by atoms with Crippen LogP contribution in [0.15, 0.2) is 30.3 Å². The number of phosphoric acid groups is 1. The van der Waals surface area contributed by atoms with Gasteiger partial charge in [0, 0.05) is 12.1 Å². The molecule has 2 unspecified atom stereocenters. The maximum Gasteiger partial charge on any atom is 0.470 e. The van der Waals surface area contributed by atoms with Crippen molar-refractivity contribution in [2.45, 2.75) is 51.2 Å². The fourth-order valence-corrected chi connectivity index (χ4v) is 5.24. The maximum atomic E-state index is 13.3. The van der Waals surface area contributed by atoms with E-state index in [9.17, 15) is 23.9 Å². The van der Waals surface area contributed by atoms with Crippen LogP contribution in [-0.2, 0) is 18.6 Å². The number of methoxy groups -OCH3 is 1. The van der Waals surface area contributed by atoms with Gasteiger partial charge in [-0.3, -0.25) is 14.1 Å². The maximum absolute atomic E-state index is 13.3. The van der Waals surface area contributed by atoms with E-state index >= 15 is 0 Å². The number of hydrogen-bond donors (Lipinski definition) is 2. The van der Waals surface area contributed by atoms with Crippen LogP contribution in [0.3, 0.4) is 0 Å². The molecule has 0 saturated carbocycles. The molecule has 0 aliphatic carbocycles. The van der Waals surface area contributed by atoms with Crippen LogP contribution < -0.4 is 0 Å². The van der Waals surface area contributed by atoms with Gasteiger partial charge in [-0.1, -0.05) is 32.0 Å². The van der Waals surface area contributed by atoms with Gasteiger partial charge in [-0.15, -0.1) is 0 Å². The van der Waals surface area contributed by atoms with Crippen LogP contribution in [0.4, 0.5) is 0 Å². The van der Waals surface area contributed by atoms with E-state index in [0.29, 0.717) is 24.9 Å². The Morgan fingerprint density at radius 1 is 1.29 bits per heavy atom. The monoisotopic (exact) mass is 413 g/mol. The highest BCUT2D eigenvalue weighted by molar-refractivity contribution is 7.46. The number of nitrogens with zero attached hydrogens (tertiary/aromatic N) is 1. The number of benzene rings is 1. The van der Waals surface area contributed by atoms with Gasteiger partial charge in [0.15, 0.2) is 0 Å². The summed E-state index contributed by atoms with van der Waals surface area (Å²) in [6.07, 6.45) is 0.667. The lowest BCUT2D eigenvalue weighted by molar-refractivity contribution is -0.153. The number of rotatable bonds is 7. The minimum Gasteiger partial charge on any atom is -0.469 e. The highest BCUT2D eigenvalue weighted by Gasteiger charge is 2.61. The van der Waals surface area contributed by atoms with Crippen molar-refractivity contribution in [2.75, 3.05) is 13.7 Å². The molecule has 2 atom stereocenters. The molecule has 0 aromatic heterocycles. The number of carbonyl (C=O) groups is 2. The molecule has 1 aromatic carbocycles. The second-order valence-electron chi connectivity index (χ2n) is 7.57. The number of hydrogen-bond acceptors (Lipinski definition) is 5. The second-order valence-corrected chi connectivity index (χ2v) is 8.73. The lowest BCUT2D eigenvalue weighted by Crippen LogP contribution is -2.66.